The van der Waals surface area contributed by atoms with Crippen LogP contribution in [0.15, 0.2) is 35.4 Å². The third-order valence-corrected chi connectivity index (χ3v) is 7.94. The Kier molecular flexibility index (Phi) is 6.07. The molecule has 0 spiro atoms. The van der Waals surface area contributed by atoms with Crippen molar-refractivity contribution in [1.29, 1.82) is 0 Å². The topological polar surface area (TPSA) is 126 Å². The number of rotatable bonds is 5. The van der Waals surface area contributed by atoms with Gasteiger partial charge >= 0.3 is 12.3 Å². The Morgan fingerprint density at radius 1 is 1.24 bits per heavy atom. The van der Waals surface area contributed by atoms with Crippen molar-refractivity contribution in [3.8, 4) is 5.75 Å². The molecule has 10 nitrogen and oxygen atoms in total. The minimum Gasteiger partial charge on any atom is -0.480 e. The van der Waals surface area contributed by atoms with E-state index in [0.717, 1.165) is 28.6 Å². The van der Waals surface area contributed by atoms with E-state index < -0.39 is 34.1 Å². The Hall–Kier alpha value is -2.75. The van der Waals surface area contributed by atoms with E-state index in [-0.39, 0.29) is 29.7 Å². The maximum absolute atomic E-state index is 13.1. The van der Waals surface area contributed by atoms with Crippen LogP contribution in [-0.4, -0.2) is 71.0 Å². The lowest BCUT2D eigenvalue weighted by Crippen LogP contribution is -2.58. The van der Waals surface area contributed by atoms with Crippen molar-refractivity contribution in [2.24, 2.45) is 0 Å². The molecule has 0 saturated carbocycles. The highest BCUT2D eigenvalue weighted by molar-refractivity contribution is 7.89. The number of hydrogen-bond acceptors (Lipinski definition) is 9. The molecule has 1 aliphatic heterocycles. The van der Waals surface area contributed by atoms with Crippen LogP contribution in [0, 0.1) is 0 Å². The number of alkyl halides is 3. The molecule has 1 aliphatic rings. The van der Waals surface area contributed by atoms with Gasteiger partial charge in [-0.05, 0) is 24.3 Å². The van der Waals surface area contributed by atoms with E-state index in [0.29, 0.717) is 15.3 Å². The number of anilines is 1. The number of carbonyl (C=O) groups is 1. The molecule has 33 heavy (non-hydrogen) atoms. The van der Waals surface area contributed by atoms with Crippen LogP contribution in [-0.2, 0) is 14.8 Å². The predicted octanol–water partition coefficient (Wildman–Crippen LogP) is 2.60. The van der Waals surface area contributed by atoms with Crippen molar-refractivity contribution >= 4 is 54.3 Å². The van der Waals surface area contributed by atoms with Gasteiger partial charge in [0.05, 0.1) is 15.8 Å². The van der Waals surface area contributed by atoms with Crippen LogP contribution in [0.1, 0.15) is 0 Å². The van der Waals surface area contributed by atoms with E-state index in [1.807, 2.05) is 0 Å². The molecule has 0 unspecified atom stereocenters. The van der Waals surface area contributed by atoms with Gasteiger partial charge in [0.2, 0.25) is 10.0 Å². The van der Waals surface area contributed by atoms with Crippen molar-refractivity contribution in [2.45, 2.75) is 17.3 Å². The van der Waals surface area contributed by atoms with Crippen LogP contribution in [0.3, 0.4) is 0 Å². The number of halogens is 4. The number of piperazine rings is 1. The lowest BCUT2D eigenvalue weighted by molar-refractivity contribution is -0.274. The van der Waals surface area contributed by atoms with Gasteiger partial charge in [-0.2, -0.15) is 9.40 Å². The van der Waals surface area contributed by atoms with Gasteiger partial charge in [0.15, 0.2) is 10.3 Å². The molecule has 0 amide bonds. The van der Waals surface area contributed by atoms with Crippen molar-refractivity contribution in [1.82, 2.24) is 19.5 Å². The fourth-order valence-corrected chi connectivity index (χ4v) is 6.02. The fraction of sp³-hybridized carbons (Fsp3) is 0.294. The van der Waals surface area contributed by atoms with Crippen molar-refractivity contribution in [2.75, 3.05) is 24.5 Å². The normalized spacial score (nSPS) is 17.9. The molecular formula is C17H13ClF3N5O5S2. The number of ether oxygens (including phenoxy) is 1. The van der Waals surface area contributed by atoms with Gasteiger partial charge in [-0.3, -0.25) is 4.79 Å². The predicted molar refractivity (Wildman–Crippen MR) is 111 cm³/mol. The Morgan fingerprint density at radius 2 is 1.94 bits per heavy atom. The number of thiazole rings is 1. The van der Waals surface area contributed by atoms with Gasteiger partial charge in [-0.15, -0.1) is 18.3 Å². The molecule has 0 bridgehead atoms. The summed E-state index contributed by atoms with van der Waals surface area (Å²) in [5.74, 6) is -1.98. The van der Waals surface area contributed by atoms with E-state index in [1.54, 1.807) is 4.90 Å². The highest BCUT2D eigenvalue weighted by atomic mass is 35.5. The van der Waals surface area contributed by atoms with Gasteiger partial charge in [-0.1, -0.05) is 22.9 Å². The number of aromatic nitrogens is 3. The number of carboxylic acids is 1. The quantitative estimate of drug-likeness (QED) is 0.537. The van der Waals surface area contributed by atoms with E-state index >= 15 is 0 Å². The summed E-state index contributed by atoms with van der Waals surface area (Å²) in [6, 6.07) is 2.08. The number of fused-ring (bicyclic) bond motifs is 1. The maximum Gasteiger partial charge on any atom is 0.573 e. The lowest BCUT2D eigenvalue weighted by Gasteiger charge is -2.38. The molecule has 3 heterocycles. The smallest absolute Gasteiger partial charge is 0.480 e. The average Bonchev–Trinajstić information content (AvgIpc) is 3.18. The summed E-state index contributed by atoms with van der Waals surface area (Å²) in [6.45, 7) is -0.279. The third kappa shape index (κ3) is 4.80. The van der Waals surface area contributed by atoms with Gasteiger partial charge in [0, 0.05) is 19.6 Å². The minimum absolute atomic E-state index is 0.0870. The number of sulfonamides is 1. The molecule has 1 aromatic carbocycles. The first-order valence-electron chi connectivity index (χ1n) is 9.09. The number of aliphatic carboxylic acids is 1. The SMILES string of the molecule is O=C(O)[C@H]1CN(c2nc3c(Cl)nncc3s2)CCN1S(=O)(=O)c1ccc(OC(F)(F)F)cc1. The molecule has 2 aromatic heterocycles. The lowest BCUT2D eigenvalue weighted by atomic mass is 10.2. The van der Waals surface area contributed by atoms with Crippen LogP contribution in [0.2, 0.25) is 5.15 Å². The number of nitrogens with zero attached hydrogens (tertiary/aromatic N) is 5. The third-order valence-electron chi connectivity index (χ3n) is 4.71. The summed E-state index contributed by atoms with van der Waals surface area (Å²) in [4.78, 5) is 17.5. The highest BCUT2D eigenvalue weighted by Gasteiger charge is 2.41. The summed E-state index contributed by atoms with van der Waals surface area (Å²) in [7, 11) is -4.32. The van der Waals surface area contributed by atoms with E-state index in [1.165, 1.54) is 17.5 Å². The molecule has 1 saturated heterocycles. The van der Waals surface area contributed by atoms with Crippen LogP contribution in [0.5, 0.6) is 5.75 Å². The zero-order valence-corrected chi connectivity index (χ0v) is 18.6. The monoisotopic (exact) mass is 523 g/mol. The summed E-state index contributed by atoms with van der Waals surface area (Å²) < 4.78 is 68.3. The standard InChI is InChI=1S/C17H13ClF3N5O5S2/c18-14-13-12(7-22-24-14)32-16(23-13)25-5-6-26(11(8-25)15(27)28)33(29,30)10-3-1-9(2-4-10)31-17(19,20)21/h1-4,7,11H,5-6,8H2,(H,27,28)/t11-/m1/s1. The van der Waals surface area contributed by atoms with Gasteiger partial charge in [0.1, 0.15) is 17.3 Å². The first-order valence-corrected chi connectivity index (χ1v) is 11.7. The molecule has 1 fully saturated rings. The summed E-state index contributed by atoms with van der Waals surface area (Å²) in [5.41, 5.74) is 0.398. The Bertz CT molecular complexity index is 1300. The van der Waals surface area contributed by atoms with Gasteiger partial charge in [-0.25, -0.2) is 13.4 Å². The average molecular weight is 524 g/mol. The van der Waals surface area contributed by atoms with Crippen molar-refractivity contribution in [3.05, 3.63) is 35.6 Å². The highest BCUT2D eigenvalue weighted by Crippen LogP contribution is 2.33. The van der Waals surface area contributed by atoms with Crippen molar-refractivity contribution < 1.29 is 36.2 Å². The van der Waals surface area contributed by atoms with Gasteiger partial charge < -0.3 is 14.7 Å². The zero-order valence-electron chi connectivity index (χ0n) is 16.2. The molecule has 3 aromatic rings. The molecule has 176 valence electrons. The molecular weight excluding hydrogens is 511 g/mol. The fourth-order valence-electron chi connectivity index (χ4n) is 3.25. The van der Waals surface area contributed by atoms with Crippen LogP contribution in [0.4, 0.5) is 18.3 Å². The zero-order chi connectivity index (χ0) is 24.0. The number of hydrogen-bond donors (Lipinski definition) is 1. The Balaban J connectivity index is 1.58. The largest absolute Gasteiger partial charge is 0.573 e. The second-order valence-corrected chi connectivity index (χ2v) is 10.0. The van der Waals surface area contributed by atoms with E-state index in [9.17, 15) is 31.5 Å². The second-order valence-electron chi connectivity index (χ2n) is 6.78. The first kappa shape index (κ1) is 23.4. The van der Waals surface area contributed by atoms with E-state index in [2.05, 4.69) is 19.9 Å². The molecule has 4 rings (SSSR count). The Morgan fingerprint density at radius 3 is 2.55 bits per heavy atom. The Labute approximate surface area is 193 Å². The van der Waals surface area contributed by atoms with Crippen LogP contribution in [0.25, 0.3) is 10.2 Å². The molecule has 1 atom stereocenters. The van der Waals surface area contributed by atoms with E-state index in [4.69, 9.17) is 11.6 Å². The molecule has 16 heteroatoms. The number of benzene rings is 1. The summed E-state index contributed by atoms with van der Waals surface area (Å²) in [5, 5.41) is 17.7. The molecule has 0 radical (unpaired) electrons. The summed E-state index contributed by atoms with van der Waals surface area (Å²) in [6.07, 6.45) is -3.47. The van der Waals surface area contributed by atoms with Crippen LogP contribution < -0.4 is 9.64 Å². The van der Waals surface area contributed by atoms with Gasteiger partial charge in [0.25, 0.3) is 0 Å². The molecule has 0 aliphatic carbocycles. The molecule has 1 N–H and O–H groups in total. The number of carboxylic acid groups (broad SMARTS) is 1. The summed E-state index contributed by atoms with van der Waals surface area (Å²) >= 11 is 7.19. The van der Waals surface area contributed by atoms with Crippen molar-refractivity contribution in [3.63, 3.8) is 0 Å². The minimum atomic E-state index is -4.93. The van der Waals surface area contributed by atoms with Crippen LogP contribution >= 0.6 is 22.9 Å². The maximum atomic E-state index is 13.1. The first-order chi connectivity index (χ1) is 15.5. The second kappa shape index (κ2) is 8.55.